The van der Waals surface area contributed by atoms with Crippen LogP contribution in [0.25, 0.3) is 0 Å². The van der Waals surface area contributed by atoms with Crippen LogP contribution in [0.5, 0.6) is 11.5 Å². The molecule has 0 bridgehead atoms. The van der Waals surface area contributed by atoms with Crippen LogP contribution in [0.2, 0.25) is 0 Å². The van der Waals surface area contributed by atoms with E-state index in [9.17, 15) is 4.89 Å². The lowest BCUT2D eigenvalue weighted by molar-refractivity contribution is 0.382. The van der Waals surface area contributed by atoms with Crippen molar-refractivity contribution in [3.05, 3.63) is 57.5 Å². The van der Waals surface area contributed by atoms with Crippen LogP contribution in [0, 0.1) is 0 Å². The van der Waals surface area contributed by atoms with E-state index in [0.29, 0.717) is 11.5 Å². The Balaban J connectivity index is 1.94. The summed E-state index contributed by atoms with van der Waals surface area (Å²) in [5.41, 5.74) is 0. The van der Waals surface area contributed by atoms with Crippen molar-refractivity contribution in [1.82, 2.24) is 0 Å². The molecule has 0 radical (unpaired) electrons. The van der Waals surface area contributed by atoms with Gasteiger partial charge in [-0.2, -0.15) is 0 Å². The molecule has 0 unspecified atom stereocenters. The minimum absolute atomic E-state index is 0.559. The van der Waals surface area contributed by atoms with Crippen LogP contribution in [0.3, 0.4) is 0 Å². The Morgan fingerprint density at radius 1 is 0.722 bits per heavy atom. The lowest BCUT2D eigenvalue weighted by Crippen LogP contribution is -1.94. The molecule has 3 nitrogen and oxygen atoms in total. The summed E-state index contributed by atoms with van der Waals surface area (Å²) in [6.45, 7) is 0. The van der Waals surface area contributed by atoms with Crippen molar-refractivity contribution < 1.29 is 13.9 Å². The van der Waals surface area contributed by atoms with Gasteiger partial charge in [-0.15, -0.1) is 0 Å². The second kappa shape index (κ2) is 6.53. The zero-order valence-corrected chi connectivity index (χ0v) is 13.2. The van der Waals surface area contributed by atoms with Crippen LogP contribution in [-0.2, 0) is 0 Å². The third-order valence-electron chi connectivity index (χ3n) is 1.99. The highest BCUT2D eigenvalue weighted by atomic mass is 79.9. The monoisotopic (exact) mass is 390 g/mol. The molecule has 94 valence electrons. The predicted molar refractivity (Wildman–Crippen MR) is 78.7 cm³/mol. The Morgan fingerprint density at radius 2 is 1.06 bits per heavy atom. The fourth-order valence-electron chi connectivity index (χ4n) is 1.19. The summed E-state index contributed by atoms with van der Waals surface area (Å²) in [5.74, 6) is 1.12. The SMILES string of the molecule is OP(Oc1ccc(Br)cc1)Oc1ccc(Br)cc1. The smallest absolute Gasteiger partial charge is 0.418 e. The van der Waals surface area contributed by atoms with E-state index in [4.69, 9.17) is 9.05 Å². The van der Waals surface area contributed by atoms with E-state index in [1.807, 2.05) is 24.3 Å². The highest BCUT2D eigenvalue weighted by molar-refractivity contribution is 9.10. The Labute approximate surface area is 123 Å². The lowest BCUT2D eigenvalue weighted by Gasteiger charge is -2.12. The molecule has 0 fully saturated rings. The maximum atomic E-state index is 9.69. The molecule has 0 aromatic heterocycles. The quantitative estimate of drug-likeness (QED) is 0.754. The Kier molecular flexibility index (Phi) is 5.01. The number of benzene rings is 2. The van der Waals surface area contributed by atoms with Crippen LogP contribution in [-0.4, -0.2) is 4.89 Å². The van der Waals surface area contributed by atoms with Crippen molar-refractivity contribution in [2.45, 2.75) is 0 Å². The van der Waals surface area contributed by atoms with Gasteiger partial charge in [-0.05, 0) is 48.5 Å². The lowest BCUT2D eigenvalue weighted by atomic mass is 10.3. The molecule has 0 spiro atoms. The summed E-state index contributed by atoms with van der Waals surface area (Å²) in [7, 11) is -1.98. The summed E-state index contributed by atoms with van der Waals surface area (Å²) < 4.78 is 12.4. The zero-order valence-electron chi connectivity index (χ0n) is 9.09. The van der Waals surface area contributed by atoms with E-state index in [1.54, 1.807) is 24.3 Å². The summed E-state index contributed by atoms with van der Waals surface area (Å²) in [4.78, 5) is 9.69. The molecule has 0 amide bonds. The van der Waals surface area contributed by atoms with Crippen LogP contribution >= 0.6 is 40.5 Å². The Morgan fingerprint density at radius 3 is 1.39 bits per heavy atom. The van der Waals surface area contributed by atoms with E-state index in [0.717, 1.165) is 8.95 Å². The molecular formula is C12H9Br2O3P. The van der Waals surface area contributed by atoms with Gasteiger partial charge < -0.3 is 13.9 Å². The highest BCUT2D eigenvalue weighted by Crippen LogP contribution is 2.36. The Hall–Kier alpha value is -0.610. The van der Waals surface area contributed by atoms with Crippen molar-refractivity contribution in [2.75, 3.05) is 0 Å². The molecular weight excluding hydrogens is 383 g/mol. The largest absolute Gasteiger partial charge is 0.460 e. The summed E-state index contributed by atoms with van der Waals surface area (Å²) in [6, 6.07) is 14.3. The van der Waals surface area contributed by atoms with Crippen LogP contribution in [0.15, 0.2) is 57.5 Å². The number of hydrogen-bond acceptors (Lipinski definition) is 3. The van der Waals surface area contributed by atoms with Gasteiger partial charge in [0, 0.05) is 8.95 Å². The van der Waals surface area contributed by atoms with Crippen molar-refractivity contribution in [3.8, 4) is 11.5 Å². The predicted octanol–water partition coefficient (Wildman–Crippen LogP) is 4.89. The minimum Gasteiger partial charge on any atom is -0.418 e. The molecule has 0 heterocycles. The van der Waals surface area contributed by atoms with Gasteiger partial charge >= 0.3 is 8.60 Å². The molecule has 0 atom stereocenters. The first kappa shape index (κ1) is 13.8. The van der Waals surface area contributed by atoms with Gasteiger partial charge in [0.2, 0.25) is 0 Å². The zero-order chi connectivity index (χ0) is 13.0. The Bertz CT molecular complexity index is 454. The fourth-order valence-corrected chi connectivity index (χ4v) is 2.36. The van der Waals surface area contributed by atoms with E-state index >= 15 is 0 Å². The molecule has 0 aliphatic heterocycles. The molecule has 0 saturated carbocycles. The van der Waals surface area contributed by atoms with Gasteiger partial charge in [0.05, 0.1) is 0 Å². The number of hydrogen-bond donors (Lipinski definition) is 1. The summed E-state index contributed by atoms with van der Waals surface area (Å²) in [5, 5.41) is 0. The van der Waals surface area contributed by atoms with Crippen LogP contribution < -0.4 is 9.05 Å². The van der Waals surface area contributed by atoms with E-state index in [1.165, 1.54) is 0 Å². The number of halogens is 2. The third kappa shape index (κ3) is 4.25. The van der Waals surface area contributed by atoms with Crippen molar-refractivity contribution in [2.24, 2.45) is 0 Å². The topological polar surface area (TPSA) is 38.7 Å². The first-order valence-electron chi connectivity index (χ1n) is 4.99. The first-order chi connectivity index (χ1) is 8.63. The van der Waals surface area contributed by atoms with E-state index in [-0.39, 0.29) is 0 Å². The third-order valence-corrected chi connectivity index (χ3v) is 3.79. The van der Waals surface area contributed by atoms with Crippen molar-refractivity contribution in [1.29, 1.82) is 0 Å². The van der Waals surface area contributed by atoms with Crippen LogP contribution in [0.1, 0.15) is 0 Å². The maximum absolute atomic E-state index is 9.69. The molecule has 2 rings (SSSR count). The average molecular weight is 392 g/mol. The van der Waals surface area contributed by atoms with Gasteiger partial charge in [0.15, 0.2) is 0 Å². The molecule has 1 N–H and O–H groups in total. The molecule has 6 heteroatoms. The summed E-state index contributed by atoms with van der Waals surface area (Å²) >= 11 is 6.65. The second-order valence-corrected chi connectivity index (χ2v) is 6.00. The van der Waals surface area contributed by atoms with E-state index in [2.05, 4.69) is 31.9 Å². The molecule has 2 aromatic carbocycles. The van der Waals surface area contributed by atoms with Crippen LogP contribution in [0.4, 0.5) is 0 Å². The van der Waals surface area contributed by atoms with Crippen molar-refractivity contribution in [3.63, 3.8) is 0 Å². The normalized spacial score (nSPS) is 10.4. The molecule has 0 aliphatic carbocycles. The maximum Gasteiger partial charge on any atom is 0.460 e. The average Bonchev–Trinajstić information content (AvgIpc) is 2.35. The van der Waals surface area contributed by atoms with Gasteiger partial charge in [0.1, 0.15) is 11.5 Å². The van der Waals surface area contributed by atoms with E-state index < -0.39 is 8.60 Å². The summed E-state index contributed by atoms with van der Waals surface area (Å²) in [6.07, 6.45) is 0. The number of rotatable bonds is 4. The van der Waals surface area contributed by atoms with Gasteiger partial charge in [-0.1, -0.05) is 31.9 Å². The highest BCUT2D eigenvalue weighted by Gasteiger charge is 2.11. The standard InChI is InChI=1S/C12H9Br2O3P/c13-9-1-5-11(6-2-9)16-18(15)17-12-7-3-10(14)4-8-12/h1-8,15H. The van der Waals surface area contributed by atoms with Gasteiger partial charge in [0.25, 0.3) is 0 Å². The van der Waals surface area contributed by atoms with Gasteiger partial charge in [-0.25, -0.2) is 0 Å². The molecule has 2 aromatic rings. The molecule has 0 saturated heterocycles. The van der Waals surface area contributed by atoms with Crippen molar-refractivity contribution >= 4 is 40.5 Å². The fraction of sp³-hybridized carbons (Fsp3) is 0. The molecule has 0 aliphatic rings. The minimum atomic E-state index is -1.98. The van der Waals surface area contributed by atoms with Gasteiger partial charge in [-0.3, -0.25) is 0 Å². The first-order valence-corrected chi connectivity index (χ1v) is 7.71. The molecule has 18 heavy (non-hydrogen) atoms. The second-order valence-electron chi connectivity index (χ2n) is 3.33.